The largest absolute Gasteiger partial charge is 0.497 e. The third-order valence-corrected chi connectivity index (χ3v) is 1.97. The van der Waals surface area contributed by atoms with E-state index >= 15 is 0 Å². The Kier molecular flexibility index (Phi) is 3.99. The molecule has 0 aliphatic rings. The highest BCUT2D eigenvalue weighted by atomic mass is 35.5. The molecule has 2 nitrogen and oxygen atoms in total. The average molecular weight is 217 g/mol. The number of methoxy groups -OCH3 is 1. The van der Waals surface area contributed by atoms with Crippen molar-refractivity contribution in [3.63, 3.8) is 0 Å². The van der Waals surface area contributed by atoms with E-state index in [9.17, 15) is 0 Å². The van der Waals surface area contributed by atoms with Crippen LogP contribution in [0.4, 0.5) is 0 Å². The van der Waals surface area contributed by atoms with E-state index in [4.69, 9.17) is 33.3 Å². The van der Waals surface area contributed by atoms with Crippen LogP contribution in [-0.2, 0) is 4.74 Å². The molecule has 0 aliphatic heterocycles. The second kappa shape index (κ2) is 5.04. The maximum atomic E-state index is 5.37. The maximum absolute atomic E-state index is 5.37. The van der Waals surface area contributed by atoms with Gasteiger partial charge in [0.2, 0.25) is 0 Å². The van der Waals surface area contributed by atoms with E-state index in [1.54, 1.807) is 7.11 Å². The Labute approximate surface area is 87.4 Å². The van der Waals surface area contributed by atoms with Crippen molar-refractivity contribution in [1.29, 1.82) is 0 Å². The number of hydrogen-bond acceptors (Lipinski definition) is 3. The van der Waals surface area contributed by atoms with Crippen molar-refractivity contribution in [1.82, 2.24) is 0 Å². The SMILES string of the molecule is COc1ccc(C(=S)OCCl)cc1. The molecule has 0 N–H and O–H groups in total. The van der Waals surface area contributed by atoms with E-state index in [0.717, 1.165) is 11.3 Å². The molecule has 0 saturated carbocycles. The Hall–Kier alpha value is -0.800. The van der Waals surface area contributed by atoms with Gasteiger partial charge in [0.1, 0.15) is 5.75 Å². The molecule has 0 spiro atoms. The Bertz CT molecular complexity index is 284. The molecule has 70 valence electrons. The van der Waals surface area contributed by atoms with Crippen LogP contribution >= 0.6 is 23.8 Å². The summed E-state index contributed by atoms with van der Waals surface area (Å²) >= 11 is 10.3. The molecule has 0 amide bonds. The summed E-state index contributed by atoms with van der Waals surface area (Å²) in [5.41, 5.74) is 0.830. The summed E-state index contributed by atoms with van der Waals surface area (Å²) in [6.07, 6.45) is 0. The van der Waals surface area contributed by atoms with Gasteiger partial charge in [-0.15, -0.1) is 0 Å². The monoisotopic (exact) mass is 216 g/mol. The number of rotatable bonds is 3. The lowest BCUT2D eigenvalue weighted by molar-refractivity contribution is 0.387. The molecule has 0 fully saturated rings. The van der Waals surface area contributed by atoms with Gasteiger partial charge >= 0.3 is 0 Å². The van der Waals surface area contributed by atoms with Crippen LogP contribution in [-0.4, -0.2) is 18.2 Å². The van der Waals surface area contributed by atoms with E-state index in [0.29, 0.717) is 5.05 Å². The van der Waals surface area contributed by atoms with E-state index in [2.05, 4.69) is 0 Å². The Morgan fingerprint density at radius 2 is 2.00 bits per heavy atom. The molecular weight excluding hydrogens is 208 g/mol. The molecule has 0 unspecified atom stereocenters. The second-order valence-corrected chi connectivity index (χ2v) is 2.86. The van der Waals surface area contributed by atoms with E-state index in [1.807, 2.05) is 24.3 Å². The first-order valence-corrected chi connectivity index (χ1v) is 4.59. The third kappa shape index (κ3) is 2.86. The van der Waals surface area contributed by atoms with Crippen molar-refractivity contribution in [2.24, 2.45) is 0 Å². The van der Waals surface area contributed by atoms with Crippen LogP contribution in [0, 0.1) is 0 Å². The van der Waals surface area contributed by atoms with Crippen molar-refractivity contribution in [2.75, 3.05) is 13.2 Å². The summed E-state index contributed by atoms with van der Waals surface area (Å²) in [4.78, 5) is 0. The van der Waals surface area contributed by atoms with Crippen molar-refractivity contribution >= 4 is 28.9 Å². The highest BCUT2D eigenvalue weighted by Crippen LogP contribution is 2.12. The molecular formula is C9H9ClO2S. The summed E-state index contributed by atoms with van der Waals surface area (Å²) < 4.78 is 9.96. The molecule has 1 aromatic carbocycles. The number of hydrogen-bond donors (Lipinski definition) is 0. The smallest absolute Gasteiger partial charge is 0.192 e. The van der Waals surface area contributed by atoms with Gasteiger partial charge in [-0.1, -0.05) is 11.6 Å². The minimum absolute atomic E-state index is 0.0743. The molecule has 0 saturated heterocycles. The fraction of sp³-hybridized carbons (Fsp3) is 0.222. The normalized spacial score (nSPS) is 9.38. The van der Waals surface area contributed by atoms with E-state index < -0.39 is 0 Å². The fourth-order valence-electron chi connectivity index (χ4n) is 0.860. The first-order valence-electron chi connectivity index (χ1n) is 3.65. The summed E-state index contributed by atoms with van der Waals surface area (Å²) in [6.45, 7) is 0. The number of thiocarbonyl (C=S) groups is 1. The average Bonchev–Trinajstić information content (AvgIpc) is 2.18. The molecule has 0 radical (unpaired) electrons. The lowest BCUT2D eigenvalue weighted by Gasteiger charge is -2.04. The van der Waals surface area contributed by atoms with Gasteiger partial charge in [0.25, 0.3) is 0 Å². The molecule has 0 aromatic heterocycles. The van der Waals surface area contributed by atoms with Crippen molar-refractivity contribution in [2.45, 2.75) is 0 Å². The first-order chi connectivity index (χ1) is 6.27. The number of benzene rings is 1. The maximum Gasteiger partial charge on any atom is 0.192 e. The van der Waals surface area contributed by atoms with Crippen LogP contribution in [0.5, 0.6) is 5.75 Å². The number of alkyl halides is 1. The minimum atomic E-state index is 0.0743. The lowest BCUT2D eigenvalue weighted by Crippen LogP contribution is -2.01. The van der Waals surface area contributed by atoms with Gasteiger partial charge in [-0.05, 0) is 36.5 Å². The van der Waals surface area contributed by atoms with Crippen molar-refractivity contribution in [3.05, 3.63) is 29.8 Å². The molecule has 13 heavy (non-hydrogen) atoms. The molecule has 1 aromatic rings. The zero-order chi connectivity index (χ0) is 9.68. The van der Waals surface area contributed by atoms with Gasteiger partial charge in [-0.2, -0.15) is 0 Å². The standard InChI is InChI=1S/C9H9ClO2S/c1-11-8-4-2-7(3-5-8)9(13)12-6-10/h2-5H,6H2,1H3. The topological polar surface area (TPSA) is 18.5 Å². The summed E-state index contributed by atoms with van der Waals surface area (Å²) in [7, 11) is 1.61. The van der Waals surface area contributed by atoms with Gasteiger partial charge in [0, 0.05) is 5.56 Å². The number of halogens is 1. The van der Waals surface area contributed by atoms with Gasteiger partial charge in [-0.3, -0.25) is 0 Å². The van der Waals surface area contributed by atoms with Crippen molar-refractivity contribution < 1.29 is 9.47 Å². The molecule has 0 bridgehead atoms. The molecule has 4 heteroatoms. The predicted octanol–water partition coefficient (Wildman–Crippen LogP) is 2.58. The van der Waals surface area contributed by atoms with E-state index in [1.165, 1.54) is 0 Å². The predicted molar refractivity (Wildman–Crippen MR) is 56.5 cm³/mol. The molecule has 0 atom stereocenters. The zero-order valence-corrected chi connectivity index (χ0v) is 8.69. The quantitative estimate of drug-likeness (QED) is 0.572. The van der Waals surface area contributed by atoms with Gasteiger partial charge in [-0.25, -0.2) is 0 Å². The minimum Gasteiger partial charge on any atom is -0.497 e. The Balaban J connectivity index is 2.74. The first kappa shape index (κ1) is 10.3. The van der Waals surface area contributed by atoms with Gasteiger partial charge < -0.3 is 9.47 Å². The summed E-state index contributed by atoms with van der Waals surface area (Å²) in [5, 5.41) is 0.401. The van der Waals surface area contributed by atoms with E-state index in [-0.39, 0.29) is 6.07 Å². The van der Waals surface area contributed by atoms with Crippen LogP contribution in [0.3, 0.4) is 0 Å². The van der Waals surface area contributed by atoms with Gasteiger partial charge in [0.05, 0.1) is 7.11 Å². The van der Waals surface area contributed by atoms with Crippen LogP contribution in [0.25, 0.3) is 0 Å². The molecule has 0 aliphatic carbocycles. The Morgan fingerprint density at radius 1 is 1.38 bits per heavy atom. The van der Waals surface area contributed by atoms with Gasteiger partial charge in [0.15, 0.2) is 11.1 Å². The Morgan fingerprint density at radius 3 is 2.46 bits per heavy atom. The second-order valence-electron chi connectivity index (χ2n) is 2.27. The van der Waals surface area contributed by atoms with Crippen LogP contribution in [0.15, 0.2) is 24.3 Å². The van der Waals surface area contributed by atoms with Crippen LogP contribution in [0.1, 0.15) is 5.56 Å². The highest BCUT2D eigenvalue weighted by molar-refractivity contribution is 7.80. The molecule has 1 rings (SSSR count). The number of ether oxygens (including phenoxy) is 2. The summed E-state index contributed by atoms with van der Waals surface area (Å²) in [6, 6.07) is 7.37. The summed E-state index contributed by atoms with van der Waals surface area (Å²) in [5.74, 6) is 0.789. The molecule has 0 heterocycles. The highest BCUT2D eigenvalue weighted by Gasteiger charge is 2.00. The zero-order valence-electron chi connectivity index (χ0n) is 7.12. The third-order valence-electron chi connectivity index (χ3n) is 1.51. The van der Waals surface area contributed by atoms with Crippen molar-refractivity contribution in [3.8, 4) is 5.75 Å². The fourth-order valence-corrected chi connectivity index (χ4v) is 1.23. The van der Waals surface area contributed by atoms with Crippen LogP contribution < -0.4 is 4.74 Å². The lowest BCUT2D eigenvalue weighted by atomic mass is 10.2. The van der Waals surface area contributed by atoms with Crippen LogP contribution in [0.2, 0.25) is 0 Å².